The van der Waals surface area contributed by atoms with E-state index >= 15 is 0 Å². The molecule has 108 valence electrons. The van der Waals surface area contributed by atoms with Crippen molar-refractivity contribution >= 4 is 11.6 Å². The number of aromatic nitrogens is 2. The molecule has 0 bridgehead atoms. The molecule has 1 rings (SSSR count). The maximum atomic E-state index is 9.14. The van der Waals surface area contributed by atoms with Gasteiger partial charge in [-0.1, -0.05) is 20.3 Å². The molecule has 0 fully saturated rings. The van der Waals surface area contributed by atoms with Crippen LogP contribution in [0.1, 0.15) is 32.3 Å². The third-order valence-electron chi connectivity index (χ3n) is 2.77. The molecule has 1 aromatic rings. The Bertz CT molecular complexity index is 370. The summed E-state index contributed by atoms with van der Waals surface area (Å²) in [5.74, 6) is 1.51. The lowest BCUT2D eigenvalue weighted by Crippen LogP contribution is -2.29. The minimum Gasteiger partial charge on any atom is -0.394 e. The van der Waals surface area contributed by atoms with E-state index in [2.05, 4.69) is 34.4 Å². The molecule has 0 unspecified atom stereocenters. The number of rotatable bonds is 9. The summed E-state index contributed by atoms with van der Waals surface area (Å²) >= 11 is 0. The van der Waals surface area contributed by atoms with Gasteiger partial charge in [0.2, 0.25) is 0 Å². The Labute approximate surface area is 114 Å². The number of aliphatic hydroxyl groups is 2. The molecule has 0 aromatic carbocycles. The largest absolute Gasteiger partial charge is 0.394 e. The van der Waals surface area contributed by atoms with Crippen LogP contribution in [0.4, 0.5) is 11.6 Å². The molecule has 0 aliphatic rings. The highest BCUT2D eigenvalue weighted by Crippen LogP contribution is 2.22. The Morgan fingerprint density at radius 3 is 2.37 bits per heavy atom. The maximum Gasteiger partial charge on any atom is 0.135 e. The van der Waals surface area contributed by atoms with Crippen LogP contribution in [0.15, 0.2) is 6.33 Å². The van der Waals surface area contributed by atoms with E-state index in [0.717, 1.165) is 37.2 Å². The third kappa shape index (κ3) is 4.65. The fraction of sp³-hybridized carbons (Fsp3) is 0.692. The van der Waals surface area contributed by atoms with Gasteiger partial charge in [-0.3, -0.25) is 0 Å². The Morgan fingerprint density at radius 2 is 1.79 bits per heavy atom. The zero-order chi connectivity index (χ0) is 14.1. The van der Waals surface area contributed by atoms with Gasteiger partial charge in [0.1, 0.15) is 18.0 Å². The molecule has 6 heteroatoms. The fourth-order valence-corrected chi connectivity index (χ4v) is 1.76. The maximum absolute atomic E-state index is 9.14. The van der Waals surface area contributed by atoms with Crippen molar-refractivity contribution in [3.63, 3.8) is 0 Å². The predicted molar refractivity (Wildman–Crippen MR) is 76.4 cm³/mol. The van der Waals surface area contributed by atoms with Crippen LogP contribution < -0.4 is 10.6 Å². The molecule has 1 aromatic heterocycles. The number of nitrogens with one attached hydrogen (secondary N) is 2. The van der Waals surface area contributed by atoms with Crippen LogP contribution >= 0.6 is 0 Å². The highest BCUT2D eigenvalue weighted by Gasteiger charge is 2.13. The van der Waals surface area contributed by atoms with Gasteiger partial charge in [0.05, 0.1) is 19.3 Å². The van der Waals surface area contributed by atoms with Crippen LogP contribution in [0.25, 0.3) is 0 Å². The van der Waals surface area contributed by atoms with Crippen LogP contribution in [0, 0.1) is 0 Å². The van der Waals surface area contributed by atoms with E-state index in [9.17, 15) is 0 Å². The Kier molecular flexibility index (Phi) is 7.14. The lowest BCUT2D eigenvalue weighted by Gasteiger charge is -2.18. The van der Waals surface area contributed by atoms with Gasteiger partial charge >= 0.3 is 0 Å². The van der Waals surface area contributed by atoms with Crippen molar-refractivity contribution in [1.29, 1.82) is 0 Å². The van der Waals surface area contributed by atoms with Gasteiger partial charge in [-0.15, -0.1) is 0 Å². The molecule has 1 heterocycles. The lowest BCUT2D eigenvalue weighted by molar-refractivity contribution is 0.203. The zero-order valence-electron chi connectivity index (χ0n) is 11.7. The summed E-state index contributed by atoms with van der Waals surface area (Å²) < 4.78 is 0. The summed E-state index contributed by atoms with van der Waals surface area (Å²) in [5.41, 5.74) is 1.00. The van der Waals surface area contributed by atoms with E-state index in [1.54, 1.807) is 0 Å². The SMILES string of the molecule is CCCNc1ncnc(NC(CO)CO)c1CCC. The highest BCUT2D eigenvalue weighted by atomic mass is 16.3. The predicted octanol–water partition coefficient (Wildman–Crippen LogP) is 1.02. The fourth-order valence-electron chi connectivity index (χ4n) is 1.76. The van der Waals surface area contributed by atoms with Gasteiger partial charge in [-0.25, -0.2) is 9.97 Å². The van der Waals surface area contributed by atoms with Crippen LogP contribution in [-0.4, -0.2) is 46.0 Å². The van der Waals surface area contributed by atoms with E-state index in [1.165, 1.54) is 6.33 Å². The van der Waals surface area contributed by atoms with Crippen molar-refractivity contribution in [3.05, 3.63) is 11.9 Å². The minimum atomic E-state index is -0.399. The first-order valence-electron chi connectivity index (χ1n) is 6.82. The molecule has 0 atom stereocenters. The molecular formula is C13H24N4O2. The normalized spacial score (nSPS) is 10.8. The highest BCUT2D eigenvalue weighted by molar-refractivity contribution is 5.57. The third-order valence-corrected chi connectivity index (χ3v) is 2.77. The average molecular weight is 268 g/mol. The topological polar surface area (TPSA) is 90.3 Å². The van der Waals surface area contributed by atoms with E-state index in [4.69, 9.17) is 10.2 Å². The number of aliphatic hydroxyl groups excluding tert-OH is 2. The van der Waals surface area contributed by atoms with Crippen molar-refractivity contribution in [1.82, 2.24) is 9.97 Å². The van der Waals surface area contributed by atoms with Gasteiger partial charge in [0.25, 0.3) is 0 Å². The molecule has 0 amide bonds. The first-order valence-corrected chi connectivity index (χ1v) is 6.82. The summed E-state index contributed by atoms with van der Waals surface area (Å²) in [6.45, 7) is 4.78. The standard InChI is InChI=1S/C13H24N4O2/c1-3-5-11-12(14-6-4-2)15-9-16-13(11)17-10(7-18)8-19/h9-10,18-19H,3-8H2,1-2H3,(H2,14,15,16,17). The number of nitrogens with zero attached hydrogens (tertiary/aromatic N) is 2. The van der Waals surface area contributed by atoms with Crippen LogP contribution in [0.3, 0.4) is 0 Å². The van der Waals surface area contributed by atoms with E-state index < -0.39 is 6.04 Å². The zero-order valence-corrected chi connectivity index (χ0v) is 11.7. The Morgan fingerprint density at radius 1 is 1.11 bits per heavy atom. The number of hydrogen-bond acceptors (Lipinski definition) is 6. The molecule has 0 saturated heterocycles. The van der Waals surface area contributed by atoms with E-state index in [-0.39, 0.29) is 13.2 Å². The number of hydrogen-bond donors (Lipinski definition) is 4. The second-order valence-electron chi connectivity index (χ2n) is 4.43. The van der Waals surface area contributed by atoms with Gasteiger partial charge in [-0.2, -0.15) is 0 Å². The summed E-state index contributed by atoms with van der Waals surface area (Å²) in [4.78, 5) is 8.48. The molecule has 0 aliphatic heterocycles. The summed E-state index contributed by atoms with van der Waals surface area (Å²) in [7, 11) is 0. The van der Waals surface area contributed by atoms with Crippen molar-refractivity contribution in [2.45, 2.75) is 39.2 Å². The van der Waals surface area contributed by atoms with Crippen molar-refractivity contribution in [2.75, 3.05) is 30.4 Å². The Hall–Kier alpha value is -1.40. The average Bonchev–Trinajstić information content (AvgIpc) is 2.44. The van der Waals surface area contributed by atoms with Gasteiger partial charge < -0.3 is 20.8 Å². The van der Waals surface area contributed by atoms with Gasteiger partial charge in [-0.05, 0) is 12.8 Å². The molecule has 4 N–H and O–H groups in total. The summed E-state index contributed by atoms with van der Waals surface area (Å²) in [6.07, 6.45) is 4.34. The second-order valence-corrected chi connectivity index (χ2v) is 4.43. The van der Waals surface area contributed by atoms with Crippen LogP contribution in [-0.2, 0) is 6.42 Å². The monoisotopic (exact) mass is 268 g/mol. The van der Waals surface area contributed by atoms with Gasteiger partial charge in [0, 0.05) is 12.1 Å². The van der Waals surface area contributed by atoms with Crippen molar-refractivity contribution < 1.29 is 10.2 Å². The molecule has 0 spiro atoms. The van der Waals surface area contributed by atoms with Crippen molar-refractivity contribution in [2.24, 2.45) is 0 Å². The first-order chi connectivity index (χ1) is 9.26. The van der Waals surface area contributed by atoms with Crippen LogP contribution in [0.2, 0.25) is 0 Å². The molecule has 19 heavy (non-hydrogen) atoms. The number of anilines is 2. The summed E-state index contributed by atoms with van der Waals surface area (Å²) in [6, 6.07) is -0.399. The van der Waals surface area contributed by atoms with E-state index in [0.29, 0.717) is 5.82 Å². The van der Waals surface area contributed by atoms with Crippen LogP contribution in [0.5, 0.6) is 0 Å². The lowest BCUT2D eigenvalue weighted by atomic mass is 10.1. The molecular weight excluding hydrogens is 244 g/mol. The smallest absolute Gasteiger partial charge is 0.135 e. The Balaban J connectivity index is 2.94. The van der Waals surface area contributed by atoms with Crippen molar-refractivity contribution in [3.8, 4) is 0 Å². The molecule has 6 nitrogen and oxygen atoms in total. The molecule has 0 radical (unpaired) electrons. The summed E-state index contributed by atoms with van der Waals surface area (Å²) in [5, 5.41) is 24.6. The van der Waals surface area contributed by atoms with E-state index in [1.807, 2.05) is 0 Å². The molecule has 0 saturated carbocycles. The van der Waals surface area contributed by atoms with Gasteiger partial charge in [0.15, 0.2) is 0 Å². The quantitative estimate of drug-likeness (QED) is 0.534. The first kappa shape index (κ1) is 15.7. The second kappa shape index (κ2) is 8.66. The molecule has 0 aliphatic carbocycles. The minimum absolute atomic E-state index is 0.135.